The molecule has 1 fully saturated rings. The van der Waals surface area contributed by atoms with Crippen molar-refractivity contribution in [3.63, 3.8) is 0 Å². The molecule has 0 spiro atoms. The highest BCUT2D eigenvalue weighted by atomic mass is 35.5. The van der Waals surface area contributed by atoms with Crippen molar-refractivity contribution in [1.82, 2.24) is 4.90 Å². The summed E-state index contributed by atoms with van der Waals surface area (Å²) >= 11 is 5.98. The molecule has 2 aromatic rings. The lowest BCUT2D eigenvalue weighted by molar-refractivity contribution is -0.131. The van der Waals surface area contributed by atoms with E-state index in [0.29, 0.717) is 13.1 Å². The molecule has 0 bridgehead atoms. The van der Waals surface area contributed by atoms with E-state index in [-0.39, 0.29) is 28.0 Å². The van der Waals surface area contributed by atoms with Crippen LogP contribution in [0.3, 0.4) is 0 Å². The molecule has 0 N–H and O–H groups in total. The van der Waals surface area contributed by atoms with E-state index < -0.39 is 9.84 Å². The maximum Gasteiger partial charge on any atom is 0.223 e. The Labute approximate surface area is 165 Å². The number of aryl methyl sites for hydroxylation is 1. The minimum absolute atomic E-state index is 0.0298. The third-order valence-corrected chi connectivity index (χ3v) is 7.05. The number of piperazine rings is 1. The van der Waals surface area contributed by atoms with Crippen LogP contribution in [0.1, 0.15) is 12.0 Å². The normalized spacial score (nSPS) is 15.0. The summed E-state index contributed by atoms with van der Waals surface area (Å²) in [7, 11) is -3.57. The zero-order valence-corrected chi connectivity index (χ0v) is 16.8. The topological polar surface area (TPSA) is 57.7 Å². The van der Waals surface area contributed by atoms with Crippen LogP contribution in [0.2, 0.25) is 5.02 Å². The Morgan fingerprint density at radius 2 is 1.63 bits per heavy atom. The van der Waals surface area contributed by atoms with Gasteiger partial charge in [0.2, 0.25) is 5.91 Å². The van der Waals surface area contributed by atoms with Crippen LogP contribution in [-0.2, 0) is 14.6 Å². The number of para-hydroxylation sites is 1. The van der Waals surface area contributed by atoms with E-state index >= 15 is 0 Å². The van der Waals surface area contributed by atoms with Gasteiger partial charge in [0.05, 0.1) is 15.7 Å². The molecule has 0 saturated carbocycles. The predicted octanol–water partition coefficient (Wildman–Crippen LogP) is 3.16. The first-order chi connectivity index (χ1) is 12.9. The van der Waals surface area contributed by atoms with Gasteiger partial charge in [0.25, 0.3) is 0 Å². The van der Waals surface area contributed by atoms with Gasteiger partial charge in [-0.3, -0.25) is 4.79 Å². The second-order valence-electron chi connectivity index (χ2n) is 6.65. The molecule has 0 atom stereocenters. The first kappa shape index (κ1) is 19.7. The van der Waals surface area contributed by atoms with Crippen LogP contribution >= 0.6 is 11.6 Å². The average Bonchev–Trinajstić information content (AvgIpc) is 2.67. The molecule has 1 heterocycles. The molecule has 0 aromatic heterocycles. The quantitative estimate of drug-likeness (QED) is 0.765. The van der Waals surface area contributed by atoms with Gasteiger partial charge >= 0.3 is 0 Å². The van der Waals surface area contributed by atoms with Crippen molar-refractivity contribution in [3.8, 4) is 0 Å². The molecule has 0 radical (unpaired) electrons. The smallest absolute Gasteiger partial charge is 0.223 e. The van der Waals surface area contributed by atoms with E-state index in [0.717, 1.165) is 13.1 Å². The molecule has 1 saturated heterocycles. The van der Waals surface area contributed by atoms with Crippen LogP contribution < -0.4 is 4.90 Å². The van der Waals surface area contributed by atoms with Crippen LogP contribution in [0.25, 0.3) is 0 Å². The van der Waals surface area contributed by atoms with Crippen LogP contribution in [0, 0.1) is 6.92 Å². The molecule has 2 aromatic carbocycles. The molecule has 144 valence electrons. The number of nitrogens with zero attached hydrogens (tertiary/aromatic N) is 2. The molecular weight excluding hydrogens is 384 g/mol. The maximum absolute atomic E-state index is 12.5. The minimum Gasteiger partial charge on any atom is -0.368 e. The van der Waals surface area contributed by atoms with Crippen LogP contribution in [0.15, 0.2) is 53.4 Å². The molecule has 0 aliphatic carbocycles. The third-order valence-electron chi connectivity index (χ3n) is 4.84. The Balaban J connectivity index is 1.56. The first-order valence-electron chi connectivity index (χ1n) is 8.94. The standard InChI is InChI=1S/C20H23ClN2O3S/c1-16-6-2-4-8-18(16)22-11-13-23(14-12-22)20(24)10-15-27(25,26)19-9-5-3-7-17(19)21/h2-9H,10-15H2,1H3. The lowest BCUT2D eigenvalue weighted by Crippen LogP contribution is -2.49. The van der Waals surface area contributed by atoms with Gasteiger partial charge in [-0.2, -0.15) is 0 Å². The average molecular weight is 407 g/mol. The summed E-state index contributed by atoms with van der Waals surface area (Å²) in [6, 6.07) is 14.5. The van der Waals surface area contributed by atoms with Crippen molar-refractivity contribution in [2.45, 2.75) is 18.2 Å². The Hall–Kier alpha value is -2.05. The van der Waals surface area contributed by atoms with Gasteiger partial charge in [0.15, 0.2) is 9.84 Å². The summed E-state index contributed by atoms with van der Waals surface area (Å²) in [5, 5.41) is 0.191. The summed E-state index contributed by atoms with van der Waals surface area (Å²) in [5.74, 6) is -0.358. The Bertz CT molecular complexity index is 922. The highest BCUT2D eigenvalue weighted by Gasteiger charge is 2.24. The molecule has 1 aliphatic rings. The van der Waals surface area contributed by atoms with E-state index in [1.165, 1.54) is 17.3 Å². The SMILES string of the molecule is Cc1ccccc1N1CCN(C(=O)CCS(=O)(=O)c2ccccc2Cl)CC1. The Morgan fingerprint density at radius 1 is 1.00 bits per heavy atom. The van der Waals surface area contributed by atoms with Crippen molar-refractivity contribution in [1.29, 1.82) is 0 Å². The van der Waals surface area contributed by atoms with Crippen LogP contribution in [-0.4, -0.2) is 51.2 Å². The van der Waals surface area contributed by atoms with E-state index in [4.69, 9.17) is 11.6 Å². The fourth-order valence-electron chi connectivity index (χ4n) is 3.30. The summed E-state index contributed by atoms with van der Waals surface area (Å²) in [6.07, 6.45) is -0.0298. The molecule has 5 nitrogen and oxygen atoms in total. The van der Waals surface area contributed by atoms with Crippen molar-refractivity contribution in [2.24, 2.45) is 0 Å². The van der Waals surface area contributed by atoms with Gasteiger partial charge in [-0.15, -0.1) is 0 Å². The van der Waals surface area contributed by atoms with Gasteiger partial charge in [-0.25, -0.2) is 8.42 Å². The number of carbonyl (C=O) groups excluding carboxylic acids is 1. The Morgan fingerprint density at radius 3 is 2.30 bits per heavy atom. The molecule has 3 rings (SSSR count). The Kier molecular flexibility index (Phi) is 6.07. The number of anilines is 1. The fraction of sp³-hybridized carbons (Fsp3) is 0.350. The number of benzene rings is 2. The van der Waals surface area contributed by atoms with Crippen LogP contribution in [0.5, 0.6) is 0 Å². The van der Waals surface area contributed by atoms with Crippen molar-refractivity contribution in [2.75, 3.05) is 36.8 Å². The molecular formula is C20H23ClN2O3S. The van der Waals surface area contributed by atoms with E-state index in [9.17, 15) is 13.2 Å². The van der Waals surface area contributed by atoms with Crippen LogP contribution in [0.4, 0.5) is 5.69 Å². The van der Waals surface area contributed by atoms with Gasteiger partial charge in [-0.05, 0) is 30.7 Å². The molecule has 27 heavy (non-hydrogen) atoms. The highest BCUT2D eigenvalue weighted by Crippen LogP contribution is 2.23. The number of rotatable bonds is 5. The lowest BCUT2D eigenvalue weighted by atomic mass is 10.1. The third kappa shape index (κ3) is 4.62. The second kappa shape index (κ2) is 8.31. The summed E-state index contributed by atoms with van der Waals surface area (Å²) in [4.78, 5) is 16.6. The zero-order valence-electron chi connectivity index (χ0n) is 15.3. The number of halogens is 1. The second-order valence-corrected chi connectivity index (χ2v) is 9.14. The molecule has 0 unspecified atom stereocenters. The van der Waals surface area contributed by atoms with E-state index in [1.807, 2.05) is 12.1 Å². The van der Waals surface area contributed by atoms with Gasteiger partial charge in [0, 0.05) is 38.3 Å². The highest BCUT2D eigenvalue weighted by molar-refractivity contribution is 7.91. The van der Waals surface area contributed by atoms with Gasteiger partial charge in [0.1, 0.15) is 0 Å². The lowest BCUT2D eigenvalue weighted by Gasteiger charge is -2.36. The molecule has 1 aliphatic heterocycles. The van der Waals surface area contributed by atoms with Crippen molar-refractivity contribution < 1.29 is 13.2 Å². The molecule has 7 heteroatoms. The zero-order chi connectivity index (χ0) is 19.4. The predicted molar refractivity (Wildman–Crippen MR) is 108 cm³/mol. The summed E-state index contributed by atoms with van der Waals surface area (Å²) in [6.45, 7) is 4.76. The number of amides is 1. The van der Waals surface area contributed by atoms with Crippen molar-refractivity contribution in [3.05, 3.63) is 59.1 Å². The van der Waals surface area contributed by atoms with Gasteiger partial charge < -0.3 is 9.80 Å². The number of hydrogen-bond acceptors (Lipinski definition) is 4. The first-order valence-corrected chi connectivity index (χ1v) is 11.0. The van der Waals surface area contributed by atoms with E-state index in [2.05, 4.69) is 24.0 Å². The fourth-order valence-corrected chi connectivity index (χ4v) is 5.10. The van der Waals surface area contributed by atoms with Crippen molar-refractivity contribution >= 4 is 33.0 Å². The summed E-state index contributed by atoms with van der Waals surface area (Å²) in [5.41, 5.74) is 2.40. The molecule has 1 amide bonds. The monoisotopic (exact) mass is 406 g/mol. The van der Waals surface area contributed by atoms with E-state index in [1.54, 1.807) is 23.1 Å². The maximum atomic E-state index is 12.5. The number of hydrogen-bond donors (Lipinski definition) is 0. The minimum atomic E-state index is -3.57. The number of carbonyl (C=O) groups is 1. The summed E-state index contributed by atoms with van der Waals surface area (Å²) < 4.78 is 24.9. The van der Waals surface area contributed by atoms with Gasteiger partial charge in [-0.1, -0.05) is 41.9 Å². The number of sulfone groups is 1. The largest absolute Gasteiger partial charge is 0.368 e.